The van der Waals surface area contributed by atoms with Crippen LogP contribution in [0.25, 0.3) is 0 Å². The van der Waals surface area contributed by atoms with Gasteiger partial charge < -0.3 is 20.2 Å². The lowest BCUT2D eigenvalue weighted by molar-refractivity contribution is -0.136. The van der Waals surface area contributed by atoms with Crippen LogP contribution in [0.4, 0.5) is 5.69 Å². The van der Waals surface area contributed by atoms with Crippen molar-refractivity contribution < 1.29 is 19.1 Å². The Labute approximate surface area is 140 Å². The van der Waals surface area contributed by atoms with E-state index in [-0.39, 0.29) is 13.0 Å². The lowest BCUT2D eigenvalue weighted by Gasteiger charge is -2.22. The zero-order valence-corrected chi connectivity index (χ0v) is 14.1. The van der Waals surface area contributed by atoms with Gasteiger partial charge in [0, 0.05) is 18.7 Å². The summed E-state index contributed by atoms with van der Waals surface area (Å²) in [6.07, 6.45) is 1.75. The van der Waals surface area contributed by atoms with Gasteiger partial charge in [-0.2, -0.15) is 0 Å². The maximum absolute atomic E-state index is 11.9. The van der Waals surface area contributed by atoms with Crippen molar-refractivity contribution in [1.29, 1.82) is 0 Å². The summed E-state index contributed by atoms with van der Waals surface area (Å²) in [6, 6.07) is 8.87. The molecule has 2 aromatic rings. The largest absolute Gasteiger partial charge is 0.469 e. The fourth-order valence-corrected chi connectivity index (χ4v) is 2.21. The molecule has 0 aliphatic carbocycles. The summed E-state index contributed by atoms with van der Waals surface area (Å²) in [5, 5.41) is 15.2. The van der Waals surface area contributed by atoms with Gasteiger partial charge in [-0.25, -0.2) is 0 Å². The molecular formula is C18H22N2O4. The smallest absolute Gasteiger partial charge is 0.313 e. The van der Waals surface area contributed by atoms with E-state index in [4.69, 9.17) is 4.42 Å². The summed E-state index contributed by atoms with van der Waals surface area (Å²) in [5.74, 6) is -0.964. The zero-order valence-electron chi connectivity index (χ0n) is 14.1. The predicted octanol–water partition coefficient (Wildman–Crippen LogP) is 1.94. The third-order valence-corrected chi connectivity index (χ3v) is 3.74. The first kappa shape index (κ1) is 17.7. The van der Waals surface area contributed by atoms with Crippen LogP contribution in [-0.2, 0) is 16.0 Å². The third-order valence-electron chi connectivity index (χ3n) is 3.74. The monoisotopic (exact) mass is 330 g/mol. The zero-order chi connectivity index (χ0) is 17.7. The van der Waals surface area contributed by atoms with Gasteiger partial charge in [0.05, 0.1) is 11.9 Å². The highest BCUT2D eigenvalue weighted by Crippen LogP contribution is 2.14. The van der Waals surface area contributed by atoms with Gasteiger partial charge in [0.1, 0.15) is 5.76 Å². The van der Waals surface area contributed by atoms with Crippen molar-refractivity contribution in [1.82, 2.24) is 5.32 Å². The van der Waals surface area contributed by atoms with E-state index in [0.29, 0.717) is 11.4 Å². The lowest BCUT2D eigenvalue weighted by Crippen LogP contribution is -2.45. The SMILES string of the molecule is Cc1ccc(NC(=O)C(=O)NCC(C)(O)Cc2ccco2)cc1C. The molecule has 2 amide bonds. The highest BCUT2D eigenvalue weighted by molar-refractivity contribution is 6.39. The minimum Gasteiger partial charge on any atom is -0.469 e. The van der Waals surface area contributed by atoms with Gasteiger partial charge in [0.25, 0.3) is 0 Å². The molecule has 1 atom stereocenters. The number of carbonyl (C=O) groups excluding carboxylic acids is 2. The number of benzene rings is 1. The number of carbonyl (C=O) groups is 2. The van der Waals surface area contributed by atoms with Crippen LogP contribution in [0.2, 0.25) is 0 Å². The Balaban J connectivity index is 1.87. The van der Waals surface area contributed by atoms with Crippen molar-refractivity contribution in [3.05, 3.63) is 53.5 Å². The number of amides is 2. The van der Waals surface area contributed by atoms with Crippen LogP contribution in [0.3, 0.4) is 0 Å². The van der Waals surface area contributed by atoms with E-state index >= 15 is 0 Å². The Morgan fingerprint density at radius 1 is 1.17 bits per heavy atom. The van der Waals surface area contributed by atoms with Crippen molar-refractivity contribution in [3.8, 4) is 0 Å². The normalized spacial score (nSPS) is 13.2. The number of nitrogens with one attached hydrogen (secondary N) is 2. The predicted molar refractivity (Wildman–Crippen MR) is 90.6 cm³/mol. The van der Waals surface area contributed by atoms with Crippen molar-refractivity contribution in [2.75, 3.05) is 11.9 Å². The quantitative estimate of drug-likeness (QED) is 0.731. The Bertz CT molecular complexity index is 721. The van der Waals surface area contributed by atoms with E-state index in [1.54, 1.807) is 31.2 Å². The number of anilines is 1. The molecule has 1 unspecified atom stereocenters. The second-order valence-corrected chi connectivity index (χ2v) is 6.19. The Hall–Kier alpha value is -2.60. The topological polar surface area (TPSA) is 91.6 Å². The van der Waals surface area contributed by atoms with Crippen LogP contribution in [0.5, 0.6) is 0 Å². The molecule has 128 valence electrons. The summed E-state index contributed by atoms with van der Waals surface area (Å²) in [5.41, 5.74) is 1.47. The maximum Gasteiger partial charge on any atom is 0.313 e. The number of hydrogen-bond donors (Lipinski definition) is 3. The second kappa shape index (κ2) is 7.31. The van der Waals surface area contributed by atoms with Crippen molar-refractivity contribution in [2.24, 2.45) is 0 Å². The fourth-order valence-electron chi connectivity index (χ4n) is 2.21. The molecule has 0 aliphatic heterocycles. The lowest BCUT2D eigenvalue weighted by atomic mass is 10.0. The van der Waals surface area contributed by atoms with Crippen LogP contribution in [0, 0.1) is 13.8 Å². The molecular weight excluding hydrogens is 308 g/mol. The first-order chi connectivity index (χ1) is 11.3. The molecule has 0 saturated heterocycles. The molecule has 0 aliphatic rings. The Kier molecular flexibility index (Phi) is 5.41. The number of aliphatic hydroxyl groups is 1. The first-order valence-electron chi connectivity index (χ1n) is 7.68. The van der Waals surface area contributed by atoms with Gasteiger partial charge in [-0.1, -0.05) is 6.07 Å². The van der Waals surface area contributed by atoms with Crippen LogP contribution >= 0.6 is 0 Å². The fraction of sp³-hybridized carbons (Fsp3) is 0.333. The van der Waals surface area contributed by atoms with Gasteiger partial charge in [-0.3, -0.25) is 9.59 Å². The highest BCUT2D eigenvalue weighted by Gasteiger charge is 2.25. The standard InChI is InChI=1S/C18H22N2O4/c1-12-6-7-14(9-13(12)2)20-17(22)16(21)19-11-18(3,23)10-15-5-4-8-24-15/h4-9,23H,10-11H2,1-3H3,(H,19,21)(H,20,22). The molecule has 2 rings (SSSR count). The highest BCUT2D eigenvalue weighted by atomic mass is 16.3. The van der Waals surface area contributed by atoms with Gasteiger partial charge in [-0.05, 0) is 56.2 Å². The van der Waals surface area contributed by atoms with Crippen LogP contribution < -0.4 is 10.6 Å². The molecule has 0 fully saturated rings. The number of furan rings is 1. The minimum atomic E-state index is -1.21. The van der Waals surface area contributed by atoms with Gasteiger partial charge in [0.15, 0.2) is 0 Å². The third kappa shape index (κ3) is 4.96. The van der Waals surface area contributed by atoms with Crippen molar-refractivity contribution in [3.63, 3.8) is 0 Å². The van der Waals surface area contributed by atoms with E-state index in [1.165, 1.54) is 6.26 Å². The van der Waals surface area contributed by atoms with Crippen LogP contribution in [-0.4, -0.2) is 29.1 Å². The molecule has 0 saturated carbocycles. The summed E-state index contributed by atoms with van der Waals surface area (Å²) in [6.45, 7) is 5.40. The Morgan fingerprint density at radius 3 is 2.54 bits per heavy atom. The van der Waals surface area contributed by atoms with E-state index < -0.39 is 17.4 Å². The van der Waals surface area contributed by atoms with Gasteiger partial charge >= 0.3 is 11.8 Å². The van der Waals surface area contributed by atoms with E-state index in [9.17, 15) is 14.7 Å². The summed E-state index contributed by atoms with van der Waals surface area (Å²) in [7, 11) is 0. The summed E-state index contributed by atoms with van der Waals surface area (Å²) in [4.78, 5) is 23.8. The molecule has 0 bridgehead atoms. The minimum absolute atomic E-state index is 0.0626. The van der Waals surface area contributed by atoms with E-state index in [1.807, 2.05) is 19.9 Å². The average Bonchev–Trinajstić information content (AvgIpc) is 3.00. The number of aryl methyl sites for hydroxylation is 2. The molecule has 0 spiro atoms. The number of rotatable bonds is 5. The van der Waals surface area contributed by atoms with Gasteiger partial charge in [-0.15, -0.1) is 0 Å². The van der Waals surface area contributed by atoms with E-state index in [0.717, 1.165) is 11.1 Å². The molecule has 3 N–H and O–H groups in total. The van der Waals surface area contributed by atoms with Crippen LogP contribution in [0.1, 0.15) is 23.8 Å². The molecule has 1 aromatic carbocycles. The first-order valence-corrected chi connectivity index (χ1v) is 7.68. The summed E-state index contributed by atoms with van der Waals surface area (Å²) < 4.78 is 5.17. The molecule has 1 aromatic heterocycles. The summed E-state index contributed by atoms with van der Waals surface area (Å²) >= 11 is 0. The molecule has 0 radical (unpaired) electrons. The maximum atomic E-state index is 11.9. The van der Waals surface area contributed by atoms with Crippen LogP contribution in [0.15, 0.2) is 41.0 Å². The molecule has 6 heteroatoms. The Morgan fingerprint density at radius 2 is 1.92 bits per heavy atom. The average molecular weight is 330 g/mol. The molecule has 24 heavy (non-hydrogen) atoms. The molecule has 6 nitrogen and oxygen atoms in total. The number of hydrogen-bond acceptors (Lipinski definition) is 4. The van der Waals surface area contributed by atoms with E-state index in [2.05, 4.69) is 10.6 Å². The second-order valence-electron chi connectivity index (χ2n) is 6.19. The molecule has 1 heterocycles. The van der Waals surface area contributed by atoms with Crippen molar-refractivity contribution >= 4 is 17.5 Å². The van der Waals surface area contributed by atoms with Crippen molar-refractivity contribution in [2.45, 2.75) is 32.8 Å². The van der Waals surface area contributed by atoms with Gasteiger partial charge in [0.2, 0.25) is 0 Å².